The van der Waals surface area contributed by atoms with E-state index in [1.165, 1.54) is 0 Å². The highest BCUT2D eigenvalue weighted by Crippen LogP contribution is 2.36. The first-order valence-corrected chi connectivity index (χ1v) is 11.2. The number of ether oxygens (including phenoxy) is 1. The first-order chi connectivity index (χ1) is 16.3. The lowest BCUT2D eigenvalue weighted by Gasteiger charge is -2.38. The molecule has 3 rings (SSSR count). The number of carboxylic acids is 1. The summed E-state index contributed by atoms with van der Waals surface area (Å²) in [6.07, 6.45) is -15.2. The minimum atomic E-state index is -5.76. The highest BCUT2D eigenvalue weighted by atomic mass is 19.4. The second-order valence-corrected chi connectivity index (χ2v) is 8.79. The average molecular weight is 511 g/mol. The van der Waals surface area contributed by atoms with Gasteiger partial charge in [-0.1, -0.05) is 12.1 Å². The molecule has 0 saturated carbocycles. The van der Waals surface area contributed by atoms with E-state index in [2.05, 4.69) is 4.74 Å². The van der Waals surface area contributed by atoms with E-state index >= 15 is 0 Å². The van der Waals surface area contributed by atoms with E-state index in [1.54, 1.807) is 0 Å². The van der Waals surface area contributed by atoms with Crippen LogP contribution in [0.2, 0.25) is 0 Å². The van der Waals surface area contributed by atoms with Crippen LogP contribution in [0, 0.1) is 6.92 Å². The molecule has 13 heteroatoms. The molecule has 2 saturated heterocycles. The monoisotopic (exact) mass is 511 g/mol. The molecule has 2 fully saturated rings. The van der Waals surface area contributed by atoms with E-state index in [0.29, 0.717) is 19.5 Å². The van der Waals surface area contributed by atoms with Gasteiger partial charge in [-0.3, -0.25) is 4.90 Å². The molecule has 1 aromatic carbocycles. The molecule has 1 atom stereocenters. The summed E-state index contributed by atoms with van der Waals surface area (Å²) in [6, 6.07) is 5.04. The van der Waals surface area contributed by atoms with Crippen molar-refractivity contribution in [3.8, 4) is 0 Å². The molecule has 1 unspecified atom stereocenters. The Balaban J connectivity index is 1.65. The highest BCUT2D eigenvalue weighted by Gasteiger charge is 2.60. The van der Waals surface area contributed by atoms with E-state index in [1.807, 2.05) is 34.9 Å². The van der Waals surface area contributed by atoms with Crippen molar-refractivity contribution in [1.82, 2.24) is 9.80 Å². The van der Waals surface area contributed by atoms with Gasteiger partial charge in [0.15, 0.2) is 0 Å². The van der Waals surface area contributed by atoms with E-state index < -0.39 is 36.6 Å². The Kier molecular flexibility index (Phi) is 8.07. The standard InChI is InChI=1S/C22H27F6N3O4/c1-14-5-6-15(17(12-14)31-7-3-2-4-16(31)18(32)33)13-29-8-10-30(11-9-29)20(34)35-19(21(23,24)25)22(26,27)28/h5-6,12,16,19H,2-4,7-11,13H2,1H3,(H,32,33). The minimum absolute atomic E-state index is 0.107. The van der Waals surface area contributed by atoms with Crippen molar-refractivity contribution in [2.24, 2.45) is 0 Å². The first kappa shape index (κ1) is 26.9. The normalized spacial score (nSPS) is 20.3. The van der Waals surface area contributed by atoms with Gasteiger partial charge in [-0.25, -0.2) is 9.59 Å². The Hall–Kier alpha value is -2.70. The van der Waals surface area contributed by atoms with E-state index in [0.717, 1.165) is 34.6 Å². The van der Waals surface area contributed by atoms with Gasteiger partial charge in [0.25, 0.3) is 6.10 Å². The van der Waals surface area contributed by atoms with Gasteiger partial charge in [-0.2, -0.15) is 26.3 Å². The molecule has 0 aliphatic carbocycles. The molecule has 2 aliphatic heterocycles. The van der Waals surface area contributed by atoms with Crippen molar-refractivity contribution >= 4 is 17.7 Å². The summed E-state index contributed by atoms with van der Waals surface area (Å²) in [6.45, 7) is 3.06. The molecule has 1 amide bonds. The minimum Gasteiger partial charge on any atom is -0.480 e. The molecule has 0 radical (unpaired) electrons. The number of halogens is 6. The molecule has 1 aromatic rings. The molecule has 0 spiro atoms. The summed E-state index contributed by atoms with van der Waals surface area (Å²) in [7, 11) is 0. The number of benzene rings is 1. The summed E-state index contributed by atoms with van der Waals surface area (Å²) in [4.78, 5) is 28.4. The zero-order valence-electron chi connectivity index (χ0n) is 19.0. The maximum Gasteiger partial charge on any atom is 0.434 e. The Labute approximate surface area is 198 Å². The smallest absolute Gasteiger partial charge is 0.434 e. The van der Waals surface area contributed by atoms with Gasteiger partial charge in [0.1, 0.15) is 6.04 Å². The lowest BCUT2D eigenvalue weighted by molar-refractivity contribution is -0.308. The number of piperidine rings is 1. The lowest BCUT2D eigenvalue weighted by Crippen LogP contribution is -2.52. The maximum absolute atomic E-state index is 12.7. The quantitative estimate of drug-likeness (QED) is 0.598. The molecule has 7 nitrogen and oxygen atoms in total. The first-order valence-electron chi connectivity index (χ1n) is 11.2. The van der Waals surface area contributed by atoms with Crippen LogP contribution in [-0.4, -0.2) is 84.2 Å². The van der Waals surface area contributed by atoms with Crippen LogP contribution in [0.25, 0.3) is 0 Å². The van der Waals surface area contributed by atoms with Crippen molar-refractivity contribution in [1.29, 1.82) is 0 Å². The van der Waals surface area contributed by atoms with Crippen LogP contribution in [0.5, 0.6) is 0 Å². The van der Waals surface area contributed by atoms with Crippen molar-refractivity contribution in [3.05, 3.63) is 29.3 Å². The number of hydrogen-bond donors (Lipinski definition) is 1. The fraction of sp³-hybridized carbons (Fsp3) is 0.636. The van der Waals surface area contributed by atoms with Crippen molar-refractivity contribution in [2.75, 3.05) is 37.6 Å². The second-order valence-electron chi connectivity index (χ2n) is 8.79. The third-order valence-electron chi connectivity index (χ3n) is 6.18. The van der Waals surface area contributed by atoms with E-state index in [9.17, 15) is 41.0 Å². The van der Waals surface area contributed by atoms with Crippen molar-refractivity contribution < 1.29 is 45.8 Å². The van der Waals surface area contributed by atoms with Gasteiger partial charge in [0.2, 0.25) is 0 Å². The summed E-state index contributed by atoms with van der Waals surface area (Å²) >= 11 is 0. The van der Waals surface area contributed by atoms with Crippen LogP contribution >= 0.6 is 0 Å². The molecule has 196 valence electrons. The van der Waals surface area contributed by atoms with Gasteiger partial charge in [-0.15, -0.1) is 0 Å². The zero-order chi connectivity index (χ0) is 26.0. The number of carbonyl (C=O) groups is 2. The molecule has 1 N–H and O–H groups in total. The fourth-order valence-corrected chi connectivity index (χ4v) is 4.38. The van der Waals surface area contributed by atoms with Gasteiger partial charge < -0.3 is 19.6 Å². The SMILES string of the molecule is Cc1ccc(CN2CCN(C(=O)OC(C(F)(F)F)C(F)(F)F)CC2)c(N2CCCCC2C(=O)O)c1. The lowest BCUT2D eigenvalue weighted by atomic mass is 9.98. The molecule has 2 heterocycles. The summed E-state index contributed by atoms with van der Waals surface area (Å²) in [5, 5.41) is 9.65. The van der Waals surface area contributed by atoms with Crippen LogP contribution in [0.15, 0.2) is 18.2 Å². The largest absolute Gasteiger partial charge is 0.480 e. The topological polar surface area (TPSA) is 73.3 Å². The van der Waals surface area contributed by atoms with Crippen LogP contribution in [0.3, 0.4) is 0 Å². The predicted molar refractivity (Wildman–Crippen MR) is 113 cm³/mol. The average Bonchev–Trinajstić information content (AvgIpc) is 2.77. The number of alkyl halides is 6. The number of amides is 1. The van der Waals surface area contributed by atoms with Crippen LogP contribution in [0.1, 0.15) is 30.4 Å². The maximum atomic E-state index is 12.7. The Bertz CT molecular complexity index is 901. The third kappa shape index (κ3) is 6.71. The molecule has 0 aromatic heterocycles. The predicted octanol–water partition coefficient (Wildman–Crippen LogP) is 4.19. The van der Waals surface area contributed by atoms with Crippen LogP contribution < -0.4 is 4.90 Å². The number of hydrogen-bond acceptors (Lipinski definition) is 5. The Morgan fingerprint density at radius 3 is 2.23 bits per heavy atom. The summed E-state index contributed by atoms with van der Waals surface area (Å²) in [5.41, 5.74) is 2.60. The third-order valence-corrected chi connectivity index (χ3v) is 6.18. The molecule has 35 heavy (non-hydrogen) atoms. The Morgan fingerprint density at radius 1 is 1.03 bits per heavy atom. The molecule has 0 bridgehead atoms. The second kappa shape index (κ2) is 10.5. The van der Waals surface area contributed by atoms with Crippen LogP contribution in [0.4, 0.5) is 36.8 Å². The van der Waals surface area contributed by atoms with Gasteiger partial charge in [0, 0.05) is 45.0 Å². The molecule has 2 aliphatic rings. The van der Waals surface area contributed by atoms with Crippen molar-refractivity contribution in [3.63, 3.8) is 0 Å². The van der Waals surface area contributed by atoms with Crippen molar-refractivity contribution in [2.45, 2.75) is 57.2 Å². The van der Waals surface area contributed by atoms with Crippen LogP contribution in [-0.2, 0) is 16.1 Å². The number of aliphatic carboxylic acids is 1. The van der Waals surface area contributed by atoms with Gasteiger partial charge in [0.05, 0.1) is 0 Å². The van der Waals surface area contributed by atoms with Gasteiger partial charge >= 0.3 is 24.4 Å². The Morgan fingerprint density at radius 2 is 1.66 bits per heavy atom. The number of rotatable bonds is 5. The summed E-state index contributed by atoms with van der Waals surface area (Å²) in [5.74, 6) is -0.902. The number of carboxylic acid groups (broad SMARTS) is 1. The molecular weight excluding hydrogens is 484 g/mol. The summed E-state index contributed by atoms with van der Waals surface area (Å²) < 4.78 is 79.9. The number of piperazine rings is 1. The highest BCUT2D eigenvalue weighted by molar-refractivity contribution is 5.79. The number of aryl methyl sites for hydroxylation is 1. The fourth-order valence-electron chi connectivity index (χ4n) is 4.38. The molecular formula is C22H27F6N3O4. The number of carbonyl (C=O) groups excluding carboxylic acids is 1. The van der Waals surface area contributed by atoms with E-state index in [-0.39, 0.29) is 26.2 Å². The number of anilines is 1. The number of nitrogens with zero attached hydrogens (tertiary/aromatic N) is 3. The van der Waals surface area contributed by atoms with E-state index in [4.69, 9.17) is 0 Å². The van der Waals surface area contributed by atoms with Gasteiger partial charge in [-0.05, 0) is 43.4 Å². The zero-order valence-corrected chi connectivity index (χ0v) is 19.0.